The summed E-state index contributed by atoms with van der Waals surface area (Å²) in [6.45, 7) is 4.31. The Morgan fingerprint density at radius 1 is 1.10 bits per heavy atom. The Hall–Kier alpha value is -1.24. The summed E-state index contributed by atoms with van der Waals surface area (Å²) in [6.07, 6.45) is 5.54. The Morgan fingerprint density at radius 3 is 2.40 bits per heavy atom. The van der Waals surface area contributed by atoms with Crippen molar-refractivity contribution in [2.45, 2.75) is 31.7 Å². The maximum absolute atomic E-state index is 8.89. The van der Waals surface area contributed by atoms with Crippen molar-refractivity contribution >= 4 is 17.3 Å². The van der Waals surface area contributed by atoms with Crippen molar-refractivity contribution in [3.05, 3.63) is 28.8 Å². The van der Waals surface area contributed by atoms with Crippen LogP contribution >= 0.6 is 11.6 Å². The van der Waals surface area contributed by atoms with E-state index in [0.29, 0.717) is 10.6 Å². The molecule has 1 aliphatic carbocycles. The molecule has 106 valence electrons. The number of anilines is 1. The molecule has 0 radical (unpaired) electrons. The molecule has 2 aliphatic rings. The second kappa shape index (κ2) is 6.03. The van der Waals surface area contributed by atoms with Crippen LogP contribution in [0.1, 0.15) is 31.2 Å². The van der Waals surface area contributed by atoms with Gasteiger partial charge in [-0.3, -0.25) is 4.90 Å². The predicted octanol–water partition coefficient (Wildman–Crippen LogP) is 3.28. The van der Waals surface area contributed by atoms with Gasteiger partial charge in [0.1, 0.15) is 0 Å². The number of halogens is 1. The fraction of sp³-hybridized carbons (Fsp3) is 0.562. The molecule has 1 saturated carbocycles. The van der Waals surface area contributed by atoms with Gasteiger partial charge in [0.25, 0.3) is 0 Å². The molecule has 0 spiro atoms. The van der Waals surface area contributed by atoms with Crippen LogP contribution in [0.15, 0.2) is 18.2 Å². The molecule has 3 rings (SSSR count). The predicted molar refractivity (Wildman–Crippen MR) is 82.2 cm³/mol. The van der Waals surface area contributed by atoms with E-state index in [2.05, 4.69) is 15.9 Å². The molecule has 0 bridgehead atoms. The van der Waals surface area contributed by atoms with Crippen molar-refractivity contribution in [3.63, 3.8) is 0 Å². The molecule has 20 heavy (non-hydrogen) atoms. The average molecular weight is 290 g/mol. The minimum Gasteiger partial charge on any atom is -0.368 e. The zero-order chi connectivity index (χ0) is 13.9. The summed E-state index contributed by atoms with van der Waals surface area (Å²) >= 11 is 6.30. The summed E-state index contributed by atoms with van der Waals surface area (Å²) in [5.74, 6) is 0. The SMILES string of the molecule is N#Cc1ccc(N2CCN(C3CCCC3)CC2)c(Cl)c1. The third kappa shape index (κ3) is 2.77. The highest BCUT2D eigenvalue weighted by Gasteiger charge is 2.26. The lowest BCUT2D eigenvalue weighted by Gasteiger charge is -2.39. The molecule has 4 heteroatoms. The number of nitrogens with zero attached hydrogens (tertiary/aromatic N) is 3. The van der Waals surface area contributed by atoms with Crippen LogP contribution in [-0.2, 0) is 0 Å². The molecule has 0 aromatic heterocycles. The van der Waals surface area contributed by atoms with Crippen LogP contribution in [0.25, 0.3) is 0 Å². The molecule has 1 saturated heterocycles. The average Bonchev–Trinajstić information content (AvgIpc) is 3.01. The summed E-state index contributed by atoms with van der Waals surface area (Å²) in [6, 6.07) is 8.54. The fourth-order valence-electron chi connectivity index (χ4n) is 3.43. The number of hydrogen-bond donors (Lipinski definition) is 0. The van der Waals surface area contributed by atoms with E-state index in [1.54, 1.807) is 6.07 Å². The highest BCUT2D eigenvalue weighted by atomic mass is 35.5. The van der Waals surface area contributed by atoms with Gasteiger partial charge in [-0.1, -0.05) is 24.4 Å². The van der Waals surface area contributed by atoms with E-state index in [-0.39, 0.29) is 0 Å². The van der Waals surface area contributed by atoms with E-state index in [0.717, 1.165) is 37.9 Å². The largest absolute Gasteiger partial charge is 0.368 e. The van der Waals surface area contributed by atoms with Gasteiger partial charge in [-0.2, -0.15) is 5.26 Å². The topological polar surface area (TPSA) is 30.3 Å². The molecule has 1 aromatic rings. The number of rotatable bonds is 2. The van der Waals surface area contributed by atoms with Crippen LogP contribution < -0.4 is 4.90 Å². The van der Waals surface area contributed by atoms with E-state index < -0.39 is 0 Å². The fourth-order valence-corrected chi connectivity index (χ4v) is 3.73. The van der Waals surface area contributed by atoms with Crippen LogP contribution in [-0.4, -0.2) is 37.1 Å². The lowest BCUT2D eigenvalue weighted by molar-refractivity contribution is 0.187. The van der Waals surface area contributed by atoms with Crippen LogP contribution in [0.3, 0.4) is 0 Å². The molecule has 0 amide bonds. The van der Waals surface area contributed by atoms with Crippen molar-refractivity contribution < 1.29 is 0 Å². The van der Waals surface area contributed by atoms with Crippen molar-refractivity contribution in [1.82, 2.24) is 4.90 Å². The first kappa shape index (κ1) is 13.7. The van der Waals surface area contributed by atoms with Gasteiger partial charge < -0.3 is 4.90 Å². The van der Waals surface area contributed by atoms with Gasteiger partial charge in [0.15, 0.2) is 0 Å². The monoisotopic (exact) mass is 289 g/mol. The van der Waals surface area contributed by atoms with E-state index >= 15 is 0 Å². The third-order valence-corrected chi connectivity index (χ3v) is 4.88. The Labute approximate surface area is 125 Å². The maximum Gasteiger partial charge on any atom is 0.0992 e. The third-order valence-electron chi connectivity index (χ3n) is 4.57. The van der Waals surface area contributed by atoms with Gasteiger partial charge in [-0.25, -0.2) is 0 Å². The minimum atomic E-state index is 0.628. The van der Waals surface area contributed by atoms with Crippen LogP contribution in [0.5, 0.6) is 0 Å². The lowest BCUT2D eigenvalue weighted by Crippen LogP contribution is -2.49. The van der Waals surface area contributed by atoms with Crippen LogP contribution in [0.4, 0.5) is 5.69 Å². The van der Waals surface area contributed by atoms with Gasteiger partial charge >= 0.3 is 0 Å². The van der Waals surface area contributed by atoms with Gasteiger partial charge in [-0.15, -0.1) is 0 Å². The summed E-state index contributed by atoms with van der Waals surface area (Å²) in [5, 5.41) is 9.58. The van der Waals surface area contributed by atoms with E-state index in [9.17, 15) is 0 Å². The molecular weight excluding hydrogens is 270 g/mol. The smallest absolute Gasteiger partial charge is 0.0992 e. The highest BCUT2D eigenvalue weighted by molar-refractivity contribution is 6.33. The Balaban J connectivity index is 1.64. The standard InChI is InChI=1S/C16H20ClN3/c17-15-11-13(12-18)5-6-16(15)20-9-7-19(8-10-20)14-3-1-2-4-14/h5-6,11,14H,1-4,7-10H2. The normalized spacial score (nSPS) is 21.1. The van der Waals surface area contributed by atoms with Gasteiger partial charge in [0.2, 0.25) is 0 Å². The van der Waals surface area contributed by atoms with E-state index in [1.165, 1.54) is 25.7 Å². The zero-order valence-corrected chi connectivity index (χ0v) is 12.4. The number of nitriles is 1. The first-order chi connectivity index (χ1) is 9.78. The molecule has 0 unspecified atom stereocenters. The number of benzene rings is 1. The first-order valence-electron chi connectivity index (χ1n) is 7.46. The molecule has 1 heterocycles. The summed E-state index contributed by atoms with van der Waals surface area (Å²) in [7, 11) is 0. The van der Waals surface area contributed by atoms with Gasteiger partial charge in [-0.05, 0) is 31.0 Å². The first-order valence-corrected chi connectivity index (χ1v) is 7.84. The quantitative estimate of drug-likeness (QED) is 0.837. The molecule has 1 aromatic carbocycles. The van der Waals surface area contributed by atoms with Crippen molar-refractivity contribution in [3.8, 4) is 6.07 Å². The summed E-state index contributed by atoms with van der Waals surface area (Å²) in [4.78, 5) is 4.98. The maximum atomic E-state index is 8.89. The van der Waals surface area contributed by atoms with Gasteiger partial charge in [0, 0.05) is 32.2 Å². The lowest BCUT2D eigenvalue weighted by atomic mass is 10.1. The molecule has 0 atom stereocenters. The molecule has 0 N–H and O–H groups in total. The summed E-state index contributed by atoms with van der Waals surface area (Å²) in [5.41, 5.74) is 1.69. The molecular formula is C16H20ClN3. The van der Waals surface area contributed by atoms with E-state index in [4.69, 9.17) is 16.9 Å². The Bertz CT molecular complexity index is 509. The van der Waals surface area contributed by atoms with Crippen molar-refractivity contribution in [1.29, 1.82) is 5.26 Å². The second-order valence-electron chi connectivity index (χ2n) is 5.74. The van der Waals surface area contributed by atoms with Crippen LogP contribution in [0.2, 0.25) is 5.02 Å². The Morgan fingerprint density at radius 2 is 1.80 bits per heavy atom. The number of piperazine rings is 1. The van der Waals surface area contributed by atoms with Gasteiger partial charge in [0.05, 0.1) is 22.3 Å². The second-order valence-corrected chi connectivity index (χ2v) is 6.15. The minimum absolute atomic E-state index is 0.628. The van der Waals surface area contributed by atoms with Crippen molar-refractivity contribution in [2.75, 3.05) is 31.1 Å². The molecule has 2 fully saturated rings. The van der Waals surface area contributed by atoms with E-state index in [1.807, 2.05) is 12.1 Å². The summed E-state index contributed by atoms with van der Waals surface area (Å²) < 4.78 is 0. The molecule has 1 aliphatic heterocycles. The Kier molecular flexibility index (Phi) is 4.14. The molecule has 3 nitrogen and oxygen atoms in total. The van der Waals surface area contributed by atoms with Crippen molar-refractivity contribution in [2.24, 2.45) is 0 Å². The number of hydrogen-bond acceptors (Lipinski definition) is 3. The zero-order valence-electron chi connectivity index (χ0n) is 11.7. The van der Waals surface area contributed by atoms with Crippen LogP contribution in [0, 0.1) is 11.3 Å². The highest BCUT2D eigenvalue weighted by Crippen LogP contribution is 2.29.